The summed E-state index contributed by atoms with van der Waals surface area (Å²) in [6.45, 7) is -0.646. The van der Waals surface area contributed by atoms with Gasteiger partial charge in [0.05, 0.1) is 12.1 Å². The number of carbonyl (C=O) groups excluding carboxylic acids is 1. The number of anilines is 1. The van der Waals surface area contributed by atoms with E-state index in [1.54, 1.807) is 0 Å². The fourth-order valence-corrected chi connectivity index (χ4v) is 2.87. The molecular formula is C14H11ClF4N6O3. The van der Waals surface area contributed by atoms with Crippen molar-refractivity contribution < 1.29 is 27.3 Å². The summed E-state index contributed by atoms with van der Waals surface area (Å²) < 4.78 is 54.9. The lowest BCUT2D eigenvalue weighted by Gasteiger charge is -2.11. The van der Waals surface area contributed by atoms with E-state index in [1.807, 2.05) is 0 Å². The lowest BCUT2D eigenvalue weighted by Crippen LogP contribution is -2.42. The highest BCUT2D eigenvalue weighted by molar-refractivity contribution is 6.23. The van der Waals surface area contributed by atoms with Crippen LogP contribution in [0.4, 0.5) is 23.4 Å². The average Bonchev–Trinajstić information content (AvgIpc) is 3.23. The van der Waals surface area contributed by atoms with Crippen LogP contribution in [0.2, 0.25) is 0 Å². The Bertz CT molecular complexity index is 916. The molecule has 150 valence electrons. The first-order valence-electron chi connectivity index (χ1n) is 7.64. The zero-order valence-corrected chi connectivity index (χ0v) is 14.4. The van der Waals surface area contributed by atoms with Crippen molar-refractivity contribution >= 4 is 23.3 Å². The summed E-state index contributed by atoms with van der Waals surface area (Å²) >= 11 is 5.87. The maximum Gasteiger partial charge on any atom is 0.296 e. The molecule has 0 bridgehead atoms. The van der Waals surface area contributed by atoms with E-state index in [2.05, 4.69) is 21.3 Å². The highest BCUT2D eigenvalue weighted by Crippen LogP contribution is 2.21. The van der Waals surface area contributed by atoms with Gasteiger partial charge < -0.3 is 5.32 Å². The lowest BCUT2D eigenvalue weighted by atomic mass is 10.2. The maximum absolute atomic E-state index is 13.7. The number of carbonyl (C=O) groups is 1. The van der Waals surface area contributed by atoms with Gasteiger partial charge in [-0.25, -0.2) is 23.0 Å². The minimum atomic E-state index is -1.56. The number of hydrazine groups is 1. The van der Waals surface area contributed by atoms with Crippen molar-refractivity contribution in [2.45, 2.75) is 24.1 Å². The summed E-state index contributed by atoms with van der Waals surface area (Å²) in [5.74, 6) is -7.05. The molecule has 3 atom stereocenters. The number of hydrogen-bond acceptors (Lipinski definition) is 6. The minimum absolute atomic E-state index is 0.0714. The molecule has 28 heavy (non-hydrogen) atoms. The molecule has 2 heterocycles. The molecule has 2 aromatic rings. The summed E-state index contributed by atoms with van der Waals surface area (Å²) in [7, 11) is 0. The van der Waals surface area contributed by atoms with Crippen LogP contribution in [0, 0.1) is 33.4 Å². The Labute approximate surface area is 158 Å². The van der Waals surface area contributed by atoms with E-state index in [-0.39, 0.29) is 11.9 Å². The molecule has 3 unspecified atom stereocenters. The fourth-order valence-electron chi connectivity index (χ4n) is 2.54. The van der Waals surface area contributed by atoms with Gasteiger partial charge >= 0.3 is 0 Å². The molecule has 1 aliphatic rings. The largest absolute Gasteiger partial charge is 0.308 e. The Balaban J connectivity index is 1.70. The van der Waals surface area contributed by atoms with E-state index < -0.39 is 63.8 Å². The van der Waals surface area contributed by atoms with E-state index in [0.29, 0.717) is 0 Å². The lowest BCUT2D eigenvalue weighted by molar-refractivity contribution is -0.525. The monoisotopic (exact) mass is 422 g/mol. The van der Waals surface area contributed by atoms with Gasteiger partial charge in [-0.1, -0.05) is 0 Å². The topological polar surface area (TPSA) is 114 Å². The summed E-state index contributed by atoms with van der Waals surface area (Å²) in [6.07, 6.45) is -0.181. The molecule has 1 aromatic heterocycles. The number of nitrogens with one attached hydrogen (secondary N) is 3. The molecule has 0 aliphatic carbocycles. The standard InChI is InChI=1S/C14H11ClF4N6O3/c15-9-12(21-22-13(9)25(27)28)14(26)20-8-1-2-24(23-8)4-5-10(18)6(16)3-7(17)11(5)19/h1-3,9,12-13,21-22H,4H2,(H,20,23,26). The second-order valence-corrected chi connectivity index (χ2v) is 6.28. The van der Waals surface area contributed by atoms with Crippen LogP contribution in [0.5, 0.6) is 0 Å². The molecule has 0 spiro atoms. The van der Waals surface area contributed by atoms with E-state index in [0.717, 1.165) is 4.68 Å². The molecule has 0 radical (unpaired) electrons. The first kappa shape index (κ1) is 20.0. The number of halogens is 5. The molecule has 3 N–H and O–H groups in total. The molecule has 3 rings (SSSR count). The van der Waals surface area contributed by atoms with Gasteiger partial charge in [-0.15, -0.1) is 11.6 Å². The van der Waals surface area contributed by atoms with Crippen LogP contribution in [0.15, 0.2) is 18.3 Å². The Morgan fingerprint density at radius 2 is 1.93 bits per heavy atom. The summed E-state index contributed by atoms with van der Waals surface area (Å²) in [6, 6.07) is 0.182. The van der Waals surface area contributed by atoms with E-state index in [1.165, 1.54) is 12.3 Å². The Kier molecular flexibility index (Phi) is 5.49. The Hall–Kier alpha value is -2.77. The van der Waals surface area contributed by atoms with Gasteiger partial charge in [-0.2, -0.15) is 10.5 Å². The molecule has 9 nitrogen and oxygen atoms in total. The predicted octanol–water partition coefficient (Wildman–Crippen LogP) is 1.11. The van der Waals surface area contributed by atoms with Crippen molar-refractivity contribution in [1.82, 2.24) is 20.6 Å². The second-order valence-electron chi connectivity index (χ2n) is 5.78. The van der Waals surface area contributed by atoms with Gasteiger partial charge in [0.1, 0.15) is 11.4 Å². The number of hydrogen-bond donors (Lipinski definition) is 3. The smallest absolute Gasteiger partial charge is 0.296 e. The second kappa shape index (κ2) is 7.69. The molecule has 1 aliphatic heterocycles. The number of rotatable bonds is 5. The van der Waals surface area contributed by atoms with Crippen molar-refractivity contribution in [2.24, 2.45) is 0 Å². The van der Waals surface area contributed by atoms with Gasteiger partial charge in [-0.05, 0) is 0 Å². The number of benzene rings is 1. The van der Waals surface area contributed by atoms with E-state index in [4.69, 9.17) is 11.6 Å². The van der Waals surface area contributed by atoms with Crippen molar-refractivity contribution in [2.75, 3.05) is 5.32 Å². The highest BCUT2D eigenvalue weighted by Gasteiger charge is 2.46. The van der Waals surface area contributed by atoms with Crippen molar-refractivity contribution in [1.29, 1.82) is 0 Å². The summed E-state index contributed by atoms with van der Waals surface area (Å²) in [4.78, 5) is 22.2. The molecule has 0 saturated carbocycles. The maximum atomic E-state index is 13.7. The SMILES string of the molecule is O=C(Nc1ccn(Cc2c(F)c(F)cc(F)c2F)n1)C1NNC([N+](=O)[O-])C1Cl. The molecule has 1 saturated heterocycles. The van der Waals surface area contributed by atoms with Gasteiger partial charge in [-0.3, -0.25) is 19.6 Å². The summed E-state index contributed by atoms with van der Waals surface area (Å²) in [5, 5.41) is 15.7. The zero-order valence-electron chi connectivity index (χ0n) is 13.6. The number of nitro groups is 1. The number of aromatic nitrogens is 2. The third-order valence-electron chi connectivity index (χ3n) is 3.93. The third kappa shape index (κ3) is 3.76. The van der Waals surface area contributed by atoms with E-state index >= 15 is 0 Å². The Morgan fingerprint density at radius 3 is 2.50 bits per heavy atom. The quantitative estimate of drug-likeness (QED) is 0.219. The van der Waals surface area contributed by atoms with Crippen molar-refractivity contribution in [3.8, 4) is 0 Å². The number of nitrogens with zero attached hydrogens (tertiary/aromatic N) is 3. The van der Waals surface area contributed by atoms with Crippen molar-refractivity contribution in [3.05, 3.63) is 57.3 Å². The Morgan fingerprint density at radius 1 is 1.29 bits per heavy atom. The first-order chi connectivity index (χ1) is 13.2. The number of alkyl halides is 1. The van der Waals surface area contributed by atoms with Crippen LogP contribution in [0.25, 0.3) is 0 Å². The van der Waals surface area contributed by atoms with E-state index in [9.17, 15) is 32.5 Å². The third-order valence-corrected chi connectivity index (χ3v) is 4.42. The van der Waals surface area contributed by atoms with Gasteiger partial charge in [0.15, 0.2) is 29.1 Å². The summed E-state index contributed by atoms with van der Waals surface area (Å²) in [5.41, 5.74) is 3.76. The molecule has 14 heteroatoms. The normalized spacial score (nSPS) is 21.7. The number of amides is 1. The van der Waals surface area contributed by atoms with Gasteiger partial charge in [0.2, 0.25) is 5.91 Å². The van der Waals surface area contributed by atoms with Gasteiger partial charge in [0.25, 0.3) is 6.17 Å². The highest BCUT2D eigenvalue weighted by atomic mass is 35.5. The predicted molar refractivity (Wildman–Crippen MR) is 86.7 cm³/mol. The van der Waals surface area contributed by atoms with Crippen LogP contribution >= 0.6 is 11.6 Å². The molecular weight excluding hydrogens is 412 g/mol. The zero-order chi connectivity index (χ0) is 20.6. The van der Waals surface area contributed by atoms with Crippen LogP contribution in [0.3, 0.4) is 0 Å². The molecule has 1 aromatic carbocycles. The van der Waals surface area contributed by atoms with Crippen LogP contribution < -0.4 is 16.2 Å². The van der Waals surface area contributed by atoms with Crippen LogP contribution in [-0.4, -0.2) is 38.2 Å². The first-order valence-corrected chi connectivity index (χ1v) is 8.07. The van der Waals surface area contributed by atoms with Crippen LogP contribution in [0.1, 0.15) is 5.56 Å². The molecule has 1 amide bonds. The molecule has 1 fully saturated rings. The van der Waals surface area contributed by atoms with Crippen molar-refractivity contribution in [3.63, 3.8) is 0 Å². The van der Waals surface area contributed by atoms with Crippen LogP contribution in [-0.2, 0) is 11.3 Å². The fraction of sp³-hybridized carbons (Fsp3) is 0.286. The van der Waals surface area contributed by atoms with Gasteiger partial charge in [0, 0.05) is 23.3 Å². The minimum Gasteiger partial charge on any atom is -0.308 e. The average molecular weight is 423 g/mol.